The summed E-state index contributed by atoms with van der Waals surface area (Å²) in [5.74, 6) is 1.00. The average Bonchev–Trinajstić information content (AvgIpc) is 2.95. The first-order valence-corrected chi connectivity index (χ1v) is 8.07. The molecule has 2 heterocycles. The second-order valence-corrected chi connectivity index (χ2v) is 6.02. The van der Waals surface area contributed by atoms with Crippen molar-refractivity contribution in [1.82, 2.24) is 10.3 Å². The van der Waals surface area contributed by atoms with Crippen LogP contribution in [-0.4, -0.2) is 16.7 Å². The van der Waals surface area contributed by atoms with Crippen molar-refractivity contribution in [3.05, 3.63) is 83.9 Å². The molecule has 0 fully saturated rings. The summed E-state index contributed by atoms with van der Waals surface area (Å²) in [5, 5.41) is 6.05. The number of amides is 1. The molecule has 0 unspecified atom stereocenters. The lowest BCUT2D eigenvalue weighted by Crippen LogP contribution is -2.21. The highest BCUT2D eigenvalue weighted by molar-refractivity contribution is 6.25. The molecule has 4 nitrogen and oxygen atoms in total. The normalized spacial score (nSPS) is 14.9. The largest absolute Gasteiger partial charge is 0.306 e. The Labute approximate surface area is 143 Å². The van der Waals surface area contributed by atoms with Crippen molar-refractivity contribution in [2.24, 2.45) is 4.99 Å². The summed E-state index contributed by atoms with van der Waals surface area (Å²) in [6.45, 7) is 0. The molecule has 1 aliphatic heterocycles. The van der Waals surface area contributed by atoms with Crippen molar-refractivity contribution < 1.29 is 4.79 Å². The lowest BCUT2D eigenvalue weighted by Gasteiger charge is -2.03. The second-order valence-electron chi connectivity index (χ2n) is 6.02. The van der Waals surface area contributed by atoms with Gasteiger partial charge in [0.05, 0.1) is 11.1 Å². The molecule has 1 N–H and O–H groups in total. The van der Waals surface area contributed by atoms with Crippen molar-refractivity contribution in [1.29, 1.82) is 0 Å². The van der Waals surface area contributed by atoms with Gasteiger partial charge in [0, 0.05) is 10.9 Å². The summed E-state index contributed by atoms with van der Waals surface area (Å²) in [7, 11) is 0. The zero-order valence-corrected chi connectivity index (χ0v) is 13.2. The summed E-state index contributed by atoms with van der Waals surface area (Å²) in [6, 6.07) is 23.6. The lowest BCUT2D eigenvalue weighted by molar-refractivity contribution is 0.0983. The maximum absolute atomic E-state index is 12.3. The quantitative estimate of drug-likeness (QED) is 0.570. The van der Waals surface area contributed by atoms with Gasteiger partial charge in [-0.15, -0.1) is 0 Å². The molecule has 0 aliphatic carbocycles. The van der Waals surface area contributed by atoms with E-state index in [-0.39, 0.29) is 5.91 Å². The van der Waals surface area contributed by atoms with Gasteiger partial charge in [-0.25, -0.2) is 9.98 Å². The van der Waals surface area contributed by atoms with Crippen LogP contribution in [0.25, 0.3) is 21.7 Å². The van der Waals surface area contributed by atoms with E-state index in [9.17, 15) is 4.79 Å². The summed E-state index contributed by atoms with van der Waals surface area (Å²) >= 11 is 0. The smallest absolute Gasteiger partial charge is 0.257 e. The van der Waals surface area contributed by atoms with Gasteiger partial charge in [0.25, 0.3) is 5.91 Å². The first kappa shape index (κ1) is 13.9. The number of para-hydroxylation sites is 1. The van der Waals surface area contributed by atoms with E-state index in [0.29, 0.717) is 17.2 Å². The predicted octanol–water partition coefficient (Wildman–Crippen LogP) is 4.21. The van der Waals surface area contributed by atoms with Gasteiger partial charge >= 0.3 is 0 Å². The molecule has 25 heavy (non-hydrogen) atoms. The van der Waals surface area contributed by atoms with Gasteiger partial charge in [-0.2, -0.15) is 0 Å². The summed E-state index contributed by atoms with van der Waals surface area (Å²) in [5.41, 5.74) is 2.35. The maximum atomic E-state index is 12.3. The van der Waals surface area contributed by atoms with Gasteiger partial charge in [-0.05, 0) is 41.1 Å². The monoisotopic (exact) mass is 323 g/mol. The number of nitrogens with one attached hydrogen (secondary N) is 1. The van der Waals surface area contributed by atoms with Crippen LogP contribution in [0, 0.1) is 0 Å². The molecule has 4 aromatic rings. The highest BCUT2D eigenvalue weighted by Crippen LogP contribution is 2.25. The summed E-state index contributed by atoms with van der Waals surface area (Å²) in [4.78, 5) is 21.5. The van der Waals surface area contributed by atoms with E-state index in [4.69, 9.17) is 0 Å². The van der Waals surface area contributed by atoms with Crippen LogP contribution in [0.5, 0.6) is 0 Å². The Bertz CT molecular complexity index is 1190. The molecule has 0 saturated heterocycles. The number of hydrogen-bond donors (Lipinski definition) is 1. The molecular weight excluding hydrogens is 310 g/mol. The van der Waals surface area contributed by atoms with Crippen LogP contribution in [0.4, 0.5) is 5.82 Å². The molecule has 0 saturated carbocycles. The standard InChI is InChI=1S/C21H13N3O/c25-21-17-12-15-7-2-1-6-14(15)11-16(17)20(24-21)23-19-10-9-13-5-3-4-8-18(13)22-19/h1-12H,(H,22,23,24,25). The SMILES string of the molecule is O=C1NC(=Nc2ccc3ccccc3n2)c2cc3ccccc3cc21. The van der Waals surface area contributed by atoms with E-state index in [1.165, 1.54) is 0 Å². The first-order valence-electron chi connectivity index (χ1n) is 8.07. The van der Waals surface area contributed by atoms with Crippen LogP contribution >= 0.6 is 0 Å². The minimum absolute atomic E-state index is 0.125. The van der Waals surface area contributed by atoms with Crippen molar-refractivity contribution in [3.63, 3.8) is 0 Å². The lowest BCUT2D eigenvalue weighted by atomic mass is 10.0. The molecule has 4 heteroatoms. The Morgan fingerprint density at radius 2 is 1.44 bits per heavy atom. The first-order chi connectivity index (χ1) is 12.3. The fourth-order valence-electron chi connectivity index (χ4n) is 3.19. The number of aliphatic imine (C=N–C) groups is 1. The zero-order valence-electron chi connectivity index (χ0n) is 13.2. The number of aromatic nitrogens is 1. The zero-order chi connectivity index (χ0) is 16.8. The number of pyridine rings is 1. The number of amidine groups is 1. The number of carbonyl (C=O) groups is 1. The van der Waals surface area contributed by atoms with Crippen LogP contribution in [0.3, 0.4) is 0 Å². The number of fused-ring (bicyclic) bond motifs is 3. The van der Waals surface area contributed by atoms with Crippen LogP contribution in [0.1, 0.15) is 15.9 Å². The minimum Gasteiger partial charge on any atom is -0.306 e. The fourth-order valence-corrected chi connectivity index (χ4v) is 3.19. The molecule has 5 rings (SSSR count). The van der Waals surface area contributed by atoms with Crippen molar-refractivity contribution in [2.45, 2.75) is 0 Å². The van der Waals surface area contributed by atoms with Crippen molar-refractivity contribution >= 4 is 39.2 Å². The number of carbonyl (C=O) groups excluding carboxylic acids is 1. The van der Waals surface area contributed by atoms with Gasteiger partial charge < -0.3 is 5.32 Å². The Morgan fingerprint density at radius 1 is 0.760 bits per heavy atom. The van der Waals surface area contributed by atoms with E-state index in [0.717, 1.165) is 27.2 Å². The molecule has 3 aromatic carbocycles. The van der Waals surface area contributed by atoms with E-state index < -0.39 is 0 Å². The summed E-state index contributed by atoms with van der Waals surface area (Å²) in [6.07, 6.45) is 0. The minimum atomic E-state index is -0.125. The molecule has 0 atom stereocenters. The third-order valence-corrected chi connectivity index (χ3v) is 4.43. The Morgan fingerprint density at radius 3 is 2.24 bits per heavy atom. The van der Waals surface area contributed by atoms with Crippen molar-refractivity contribution in [2.75, 3.05) is 0 Å². The topological polar surface area (TPSA) is 54.4 Å². The van der Waals surface area contributed by atoms with Gasteiger partial charge in [0.2, 0.25) is 0 Å². The van der Waals surface area contributed by atoms with E-state index in [1.807, 2.05) is 72.8 Å². The second kappa shape index (κ2) is 5.24. The van der Waals surface area contributed by atoms with Crippen LogP contribution in [0.2, 0.25) is 0 Å². The number of nitrogens with zero attached hydrogens (tertiary/aromatic N) is 2. The molecule has 118 valence electrons. The maximum Gasteiger partial charge on any atom is 0.257 e. The van der Waals surface area contributed by atoms with Gasteiger partial charge in [0.1, 0.15) is 5.84 Å². The van der Waals surface area contributed by atoms with Gasteiger partial charge in [-0.1, -0.05) is 42.5 Å². The molecule has 1 aromatic heterocycles. The van der Waals surface area contributed by atoms with E-state index in [1.54, 1.807) is 0 Å². The third-order valence-electron chi connectivity index (χ3n) is 4.43. The van der Waals surface area contributed by atoms with E-state index in [2.05, 4.69) is 15.3 Å². The predicted molar refractivity (Wildman–Crippen MR) is 99.4 cm³/mol. The molecule has 0 radical (unpaired) electrons. The summed E-state index contributed by atoms with van der Waals surface area (Å²) < 4.78 is 0. The van der Waals surface area contributed by atoms with Crippen LogP contribution in [0.15, 0.2) is 77.8 Å². The molecule has 0 spiro atoms. The fraction of sp³-hybridized carbons (Fsp3) is 0. The third kappa shape index (κ3) is 2.27. The molecule has 1 amide bonds. The number of rotatable bonds is 1. The average molecular weight is 323 g/mol. The Hall–Kier alpha value is -3.53. The van der Waals surface area contributed by atoms with E-state index >= 15 is 0 Å². The number of hydrogen-bond acceptors (Lipinski definition) is 3. The van der Waals surface area contributed by atoms with Crippen LogP contribution < -0.4 is 5.32 Å². The van der Waals surface area contributed by atoms with Crippen LogP contribution in [-0.2, 0) is 0 Å². The highest BCUT2D eigenvalue weighted by Gasteiger charge is 2.25. The van der Waals surface area contributed by atoms with Gasteiger partial charge in [-0.3, -0.25) is 4.79 Å². The Kier molecular flexibility index (Phi) is 2.91. The molecule has 0 bridgehead atoms. The van der Waals surface area contributed by atoms with Gasteiger partial charge in [0.15, 0.2) is 5.82 Å². The highest BCUT2D eigenvalue weighted by atomic mass is 16.2. The molecule has 1 aliphatic rings. The Balaban J connectivity index is 1.66. The number of benzene rings is 3. The molecular formula is C21H13N3O. The van der Waals surface area contributed by atoms with Crippen molar-refractivity contribution in [3.8, 4) is 0 Å².